The van der Waals surface area contributed by atoms with Gasteiger partial charge < -0.3 is 20.1 Å². The average molecular weight is 536 g/mol. The monoisotopic (exact) mass is 535 g/mol. The van der Waals surface area contributed by atoms with Crippen LogP contribution in [0.2, 0.25) is 0 Å². The molecule has 1 aliphatic heterocycles. The van der Waals surface area contributed by atoms with Crippen LogP contribution in [-0.2, 0) is 14.3 Å². The second-order valence-corrected chi connectivity index (χ2v) is 12.1. The van der Waals surface area contributed by atoms with Gasteiger partial charge in [-0.1, -0.05) is 39.3 Å². The third-order valence-electron chi connectivity index (χ3n) is 7.56. The number of rotatable bonds is 5. The summed E-state index contributed by atoms with van der Waals surface area (Å²) in [4.78, 5) is 30.7. The van der Waals surface area contributed by atoms with E-state index in [1.165, 1.54) is 5.57 Å². The van der Waals surface area contributed by atoms with Crippen molar-refractivity contribution in [2.75, 3.05) is 6.61 Å². The van der Waals surface area contributed by atoms with Gasteiger partial charge in [-0.05, 0) is 63.5 Å². The van der Waals surface area contributed by atoms with Crippen LogP contribution < -0.4 is 0 Å². The van der Waals surface area contributed by atoms with Crippen molar-refractivity contribution in [3.8, 4) is 0 Å². The highest BCUT2D eigenvalue weighted by molar-refractivity contribution is 7.09. The summed E-state index contributed by atoms with van der Waals surface area (Å²) in [7, 11) is 0. The van der Waals surface area contributed by atoms with Crippen molar-refractivity contribution in [2.24, 2.45) is 17.3 Å². The first-order valence-electron chi connectivity index (χ1n) is 13.4. The molecular weight excluding hydrogens is 490 g/mol. The molecule has 8 heteroatoms. The quantitative estimate of drug-likeness (QED) is 0.358. The van der Waals surface area contributed by atoms with Crippen molar-refractivity contribution in [1.29, 1.82) is 0 Å². The molecule has 7 nitrogen and oxygen atoms in total. The summed E-state index contributed by atoms with van der Waals surface area (Å²) in [5.74, 6) is -1.62. The van der Waals surface area contributed by atoms with Gasteiger partial charge in [-0.2, -0.15) is 0 Å². The first-order chi connectivity index (χ1) is 17.4. The zero-order valence-corrected chi connectivity index (χ0v) is 24.0. The van der Waals surface area contributed by atoms with E-state index < -0.39 is 35.6 Å². The Morgan fingerprint density at radius 2 is 1.97 bits per heavy atom. The lowest BCUT2D eigenvalue weighted by Gasteiger charge is -2.34. The Labute approximate surface area is 225 Å². The van der Waals surface area contributed by atoms with Gasteiger partial charge in [0.25, 0.3) is 0 Å². The van der Waals surface area contributed by atoms with Gasteiger partial charge in [0, 0.05) is 24.3 Å². The number of thiazole rings is 1. The fraction of sp³-hybridized carbons (Fsp3) is 0.690. The van der Waals surface area contributed by atoms with Crippen LogP contribution in [0.25, 0.3) is 6.08 Å². The number of hydrogen-bond acceptors (Lipinski definition) is 8. The second kappa shape index (κ2) is 14.3. The fourth-order valence-corrected chi connectivity index (χ4v) is 5.42. The third kappa shape index (κ3) is 9.13. The minimum atomic E-state index is -1.24. The first kappa shape index (κ1) is 31.3. The van der Waals surface area contributed by atoms with E-state index in [1.54, 1.807) is 32.1 Å². The van der Waals surface area contributed by atoms with Crippen LogP contribution in [0.3, 0.4) is 0 Å². The van der Waals surface area contributed by atoms with E-state index in [4.69, 9.17) is 4.74 Å². The van der Waals surface area contributed by atoms with E-state index in [-0.39, 0.29) is 24.7 Å². The predicted molar refractivity (Wildman–Crippen MR) is 147 cm³/mol. The number of ether oxygens (including phenoxy) is 1. The maximum absolute atomic E-state index is 13.3. The number of hydrogen-bond donors (Lipinski definition) is 3. The summed E-state index contributed by atoms with van der Waals surface area (Å²) >= 11 is 1.55. The maximum atomic E-state index is 13.3. The molecule has 1 aliphatic rings. The number of carbonyl (C=O) groups excluding carboxylic acids is 2. The SMILES string of the molecule is CC(=Cc1csc(C)n1)[C@@H]1CC=C(CCCO)CCC[C@H](C)[C@H](O)[C@@H](C)C(=O)C(C)(C)[C@@H](O)CC(=O)O1. The van der Waals surface area contributed by atoms with Gasteiger partial charge in [0.1, 0.15) is 11.9 Å². The van der Waals surface area contributed by atoms with Crippen molar-refractivity contribution >= 4 is 29.2 Å². The van der Waals surface area contributed by atoms with E-state index in [1.807, 2.05) is 32.2 Å². The second-order valence-electron chi connectivity index (χ2n) is 11.0. The zero-order valence-electron chi connectivity index (χ0n) is 23.2. The van der Waals surface area contributed by atoms with E-state index in [9.17, 15) is 24.9 Å². The molecule has 5 atom stereocenters. The number of ketones is 1. The molecule has 0 amide bonds. The van der Waals surface area contributed by atoms with Crippen molar-refractivity contribution < 1.29 is 29.6 Å². The van der Waals surface area contributed by atoms with Crippen molar-refractivity contribution in [3.05, 3.63) is 33.3 Å². The van der Waals surface area contributed by atoms with Crippen LogP contribution >= 0.6 is 11.3 Å². The number of aliphatic hydroxyl groups excluding tert-OH is 3. The topological polar surface area (TPSA) is 117 Å². The molecule has 208 valence electrons. The molecule has 0 spiro atoms. The van der Waals surface area contributed by atoms with Crippen LogP contribution in [-0.4, -0.2) is 57.0 Å². The average Bonchev–Trinajstić information content (AvgIpc) is 3.26. The van der Waals surface area contributed by atoms with Gasteiger partial charge in [-0.25, -0.2) is 4.98 Å². The maximum Gasteiger partial charge on any atom is 0.309 e. The van der Waals surface area contributed by atoms with Gasteiger partial charge in [0.15, 0.2) is 0 Å². The summed E-state index contributed by atoms with van der Waals surface area (Å²) in [5, 5.41) is 34.0. The van der Waals surface area contributed by atoms with Crippen molar-refractivity contribution in [1.82, 2.24) is 4.98 Å². The number of Topliss-reactive ketones (excluding diaryl/α,β-unsaturated/α-hetero) is 1. The highest BCUT2D eigenvalue weighted by Crippen LogP contribution is 2.32. The minimum Gasteiger partial charge on any atom is -0.457 e. The Morgan fingerprint density at radius 1 is 1.27 bits per heavy atom. The van der Waals surface area contributed by atoms with Gasteiger partial charge in [0.05, 0.1) is 34.7 Å². The Balaban J connectivity index is 2.40. The number of aliphatic hydroxyl groups is 3. The van der Waals surface area contributed by atoms with Crippen LogP contribution in [0.4, 0.5) is 0 Å². The zero-order chi connectivity index (χ0) is 27.8. The molecule has 1 aromatic rings. The van der Waals surface area contributed by atoms with E-state index >= 15 is 0 Å². The molecule has 0 fully saturated rings. The summed E-state index contributed by atoms with van der Waals surface area (Å²) in [5.41, 5.74) is 1.60. The molecule has 2 heterocycles. The number of aromatic nitrogens is 1. The first-order valence-corrected chi connectivity index (χ1v) is 14.2. The standard InChI is InChI=1S/C29H45NO6S/c1-18-9-7-10-22(11-8-14-31)12-13-24(19(2)15-23-17-37-21(4)30-23)36-26(33)16-25(32)29(5,6)28(35)20(3)27(18)34/h12,15,17-18,20,24-25,27,31-32,34H,7-11,13-14,16H2,1-6H3/t18-,20+,24-,25-,27-/m0/s1. The Hall–Kier alpha value is -1.87. The van der Waals surface area contributed by atoms with Crippen LogP contribution in [0.5, 0.6) is 0 Å². The van der Waals surface area contributed by atoms with Gasteiger partial charge in [0.2, 0.25) is 0 Å². The molecular formula is C29H45NO6S. The number of allylic oxidation sites excluding steroid dienone is 1. The van der Waals surface area contributed by atoms with E-state index in [2.05, 4.69) is 11.1 Å². The largest absolute Gasteiger partial charge is 0.457 e. The number of carbonyl (C=O) groups is 2. The lowest BCUT2D eigenvalue weighted by molar-refractivity contribution is -0.154. The molecule has 1 aromatic heterocycles. The van der Waals surface area contributed by atoms with Crippen LogP contribution in [0.1, 0.15) is 90.3 Å². The van der Waals surface area contributed by atoms with Crippen LogP contribution in [0.15, 0.2) is 22.6 Å². The molecule has 0 saturated carbocycles. The molecule has 0 radical (unpaired) electrons. The Bertz CT molecular complexity index is 965. The number of nitrogens with zero attached hydrogens (tertiary/aromatic N) is 1. The highest BCUT2D eigenvalue weighted by Gasteiger charge is 2.42. The molecule has 2 rings (SSSR count). The molecule has 0 bridgehead atoms. The molecule has 0 unspecified atom stereocenters. The van der Waals surface area contributed by atoms with E-state index in [0.717, 1.165) is 42.0 Å². The summed E-state index contributed by atoms with van der Waals surface area (Å²) in [6.45, 7) is 10.8. The van der Waals surface area contributed by atoms with Crippen molar-refractivity contribution in [3.63, 3.8) is 0 Å². The smallest absolute Gasteiger partial charge is 0.309 e. The normalized spacial score (nSPS) is 29.1. The lowest BCUT2D eigenvalue weighted by atomic mass is 9.73. The summed E-state index contributed by atoms with van der Waals surface area (Å²) in [6, 6.07) is 0. The molecule has 3 N–H and O–H groups in total. The lowest BCUT2D eigenvalue weighted by Crippen LogP contribution is -2.45. The predicted octanol–water partition coefficient (Wildman–Crippen LogP) is 5.02. The van der Waals surface area contributed by atoms with Crippen molar-refractivity contribution in [2.45, 2.75) is 105 Å². The molecule has 0 aliphatic carbocycles. The highest BCUT2D eigenvalue weighted by atomic mass is 32.1. The minimum absolute atomic E-state index is 0.0941. The fourth-order valence-electron chi connectivity index (χ4n) is 4.85. The molecule has 0 saturated heterocycles. The molecule has 0 aromatic carbocycles. The Kier molecular flexibility index (Phi) is 12.1. The van der Waals surface area contributed by atoms with Gasteiger partial charge in [-0.15, -0.1) is 11.3 Å². The van der Waals surface area contributed by atoms with E-state index in [0.29, 0.717) is 12.8 Å². The summed E-state index contributed by atoms with van der Waals surface area (Å²) in [6.07, 6.45) is 5.30. The van der Waals surface area contributed by atoms with Gasteiger partial charge in [-0.3, -0.25) is 9.59 Å². The number of cyclic esters (lactones) is 1. The van der Waals surface area contributed by atoms with Gasteiger partial charge >= 0.3 is 5.97 Å². The number of esters is 1. The Morgan fingerprint density at radius 3 is 2.59 bits per heavy atom. The van der Waals surface area contributed by atoms with Crippen LogP contribution in [0, 0.1) is 24.2 Å². The third-order valence-corrected chi connectivity index (χ3v) is 8.36. The molecule has 37 heavy (non-hydrogen) atoms. The number of aryl methyl sites for hydroxylation is 1. The summed E-state index contributed by atoms with van der Waals surface area (Å²) < 4.78 is 5.86.